The third-order valence-corrected chi connectivity index (χ3v) is 2.71. The fourth-order valence-corrected chi connectivity index (χ4v) is 1.85. The van der Waals surface area contributed by atoms with Gasteiger partial charge in [0.05, 0.1) is 11.8 Å². The summed E-state index contributed by atoms with van der Waals surface area (Å²) in [6.07, 6.45) is 4.75. The molecule has 2 rings (SSSR count). The van der Waals surface area contributed by atoms with Crippen molar-refractivity contribution in [2.45, 2.75) is 25.5 Å². The van der Waals surface area contributed by atoms with E-state index in [4.69, 9.17) is 5.73 Å². The lowest BCUT2D eigenvalue weighted by molar-refractivity contribution is 0.145. The number of aliphatic hydroxyl groups is 1. The van der Waals surface area contributed by atoms with Crippen molar-refractivity contribution in [3.63, 3.8) is 0 Å². The van der Waals surface area contributed by atoms with E-state index in [0.29, 0.717) is 6.54 Å². The maximum Gasteiger partial charge on any atom is 0.151 e. The number of nitrogens with zero attached hydrogens (tertiary/aromatic N) is 3. The first-order valence-electron chi connectivity index (χ1n) is 5.24. The highest BCUT2D eigenvalue weighted by atomic mass is 16.3. The molecule has 0 unspecified atom stereocenters. The first-order chi connectivity index (χ1) is 7.31. The van der Waals surface area contributed by atoms with Crippen LogP contribution in [0.25, 0.3) is 0 Å². The van der Waals surface area contributed by atoms with Gasteiger partial charge in [-0.3, -0.25) is 4.98 Å². The van der Waals surface area contributed by atoms with Gasteiger partial charge in [-0.15, -0.1) is 0 Å². The maximum absolute atomic E-state index is 9.41. The van der Waals surface area contributed by atoms with Gasteiger partial charge in [0.25, 0.3) is 0 Å². The number of nitrogens with two attached hydrogens (primary N) is 1. The molecule has 1 aliphatic heterocycles. The van der Waals surface area contributed by atoms with Crippen LogP contribution >= 0.6 is 0 Å². The van der Waals surface area contributed by atoms with Crippen LogP contribution < -0.4 is 10.6 Å². The van der Waals surface area contributed by atoms with Gasteiger partial charge in [0.15, 0.2) is 5.82 Å². The third-order valence-electron chi connectivity index (χ3n) is 2.71. The topological polar surface area (TPSA) is 75.3 Å². The lowest BCUT2D eigenvalue weighted by Gasteiger charge is -2.31. The zero-order valence-corrected chi connectivity index (χ0v) is 8.63. The molecule has 0 aromatic carbocycles. The molecule has 1 saturated heterocycles. The average Bonchev–Trinajstić information content (AvgIpc) is 2.30. The Morgan fingerprint density at radius 3 is 2.67 bits per heavy atom. The molecule has 0 amide bonds. The molecule has 0 aliphatic carbocycles. The minimum Gasteiger partial charge on any atom is -0.393 e. The molecule has 0 saturated carbocycles. The van der Waals surface area contributed by atoms with E-state index < -0.39 is 0 Å². The molecular weight excluding hydrogens is 192 g/mol. The summed E-state index contributed by atoms with van der Waals surface area (Å²) >= 11 is 0. The van der Waals surface area contributed by atoms with Crippen LogP contribution in [-0.4, -0.2) is 34.3 Å². The monoisotopic (exact) mass is 208 g/mol. The van der Waals surface area contributed by atoms with Crippen LogP contribution in [0.1, 0.15) is 18.5 Å². The molecule has 0 radical (unpaired) electrons. The second kappa shape index (κ2) is 4.55. The molecule has 5 heteroatoms. The van der Waals surface area contributed by atoms with Gasteiger partial charge in [-0.1, -0.05) is 0 Å². The molecule has 0 bridgehead atoms. The molecule has 82 valence electrons. The molecule has 0 spiro atoms. The normalized spacial score (nSPS) is 18.1. The fourth-order valence-electron chi connectivity index (χ4n) is 1.85. The van der Waals surface area contributed by atoms with Gasteiger partial charge in [0.2, 0.25) is 0 Å². The highest BCUT2D eigenvalue weighted by Gasteiger charge is 2.20. The molecule has 15 heavy (non-hydrogen) atoms. The summed E-state index contributed by atoms with van der Waals surface area (Å²) in [6, 6.07) is 0. The van der Waals surface area contributed by atoms with Gasteiger partial charge in [-0.25, -0.2) is 4.98 Å². The third kappa shape index (κ3) is 2.24. The van der Waals surface area contributed by atoms with Crippen molar-refractivity contribution in [1.82, 2.24) is 9.97 Å². The van der Waals surface area contributed by atoms with Crippen LogP contribution in [0.2, 0.25) is 0 Å². The first kappa shape index (κ1) is 10.3. The summed E-state index contributed by atoms with van der Waals surface area (Å²) in [7, 11) is 0. The van der Waals surface area contributed by atoms with Crippen molar-refractivity contribution in [2.24, 2.45) is 5.73 Å². The number of rotatable bonds is 2. The number of aromatic nitrogens is 2. The average molecular weight is 208 g/mol. The SMILES string of the molecule is NCc1nccnc1N1CCC(O)CC1. The number of hydrogen-bond acceptors (Lipinski definition) is 5. The van der Waals surface area contributed by atoms with Crippen LogP contribution in [-0.2, 0) is 6.54 Å². The van der Waals surface area contributed by atoms with E-state index in [-0.39, 0.29) is 6.10 Å². The van der Waals surface area contributed by atoms with Crippen molar-refractivity contribution in [3.8, 4) is 0 Å². The predicted molar refractivity (Wildman–Crippen MR) is 57.4 cm³/mol. The molecule has 3 N–H and O–H groups in total. The standard InChI is InChI=1S/C10H16N4O/c11-7-9-10(13-4-3-12-9)14-5-1-8(15)2-6-14/h3-4,8,15H,1-2,5-7,11H2. The Labute approximate surface area is 88.9 Å². The molecule has 1 fully saturated rings. The second-order valence-corrected chi connectivity index (χ2v) is 3.75. The summed E-state index contributed by atoms with van der Waals surface area (Å²) in [5.74, 6) is 0.868. The summed E-state index contributed by atoms with van der Waals surface area (Å²) in [4.78, 5) is 10.6. The van der Waals surface area contributed by atoms with Gasteiger partial charge in [-0.2, -0.15) is 0 Å². The predicted octanol–water partition coefficient (Wildman–Crippen LogP) is -0.104. The summed E-state index contributed by atoms with van der Waals surface area (Å²) in [6.45, 7) is 2.06. The Kier molecular flexibility index (Phi) is 3.13. The molecule has 2 heterocycles. The second-order valence-electron chi connectivity index (χ2n) is 3.75. The van der Waals surface area contributed by atoms with Crippen LogP contribution in [0, 0.1) is 0 Å². The quantitative estimate of drug-likeness (QED) is 0.709. The van der Waals surface area contributed by atoms with Gasteiger partial charge < -0.3 is 15.7 Å². The molecule has 5 nitrogen and oxygen atoms in total. The molecule has 0 atom stereocenters. The number of piperidine rings is 1. The van der Waals surface area contributed by atoms with Crippen LogP contribution in [0.3, 0.4) is 0 Å². The minimum absolute atomic E-state index is 0.167. The lowest BCUT2D eigenvalue weighted by atomic mass is 10.1. The Balaban J connectivity index is 2.15. The Hall–Kier alpha value is -1.20. The Morgan fingerprint density at radius 1 is 1.33 bits per heavy atom. The summed E-state index contributed by atoms with van der Waals surface area (Å²) in [5, 5.41) is 9.41. The van der Waals surface area contributed by atoms with Gasteiger partial charge in [0.1, 0.15) is 0 Å². The minimum atomic E-state index is -0.167. The summed E-state index contributed by atoms with van der Waals surface area (Å²) < 4.78 is 0. The van der Waals surface area contributed by atoms with Crippen LogP contribution in [0.5, 0.6) is 0 Å². The van der Waals surface area contributed by atoms with Crippen molar-refractivity contribution in [2.75, 3.05) is 18.0 Å². The Morgan fingerprint density at radius 2 is 2.00 bits per heavy atom. The number of aliphatic hydroxyl groups excluding tert-OH is 1. The lowest BCUT2D eigenvalue weighted by Crippen LogP contribution is -2.37. The van der Waals surface area contributed by atoms with Crippen molar-refractivity contribution >= 4 is 5.82 Å². The Bertz CT molecular complexity index is 323. The number of anilines is 1. The smallest absolute Gasteiger partial charge is 0.151 e. The van der Waals surface area contributed by atoms with Gasteiger partial charge in [0, 0.05) is 32.0 Å². The van der Waals surface area contributed by atoms with E-state index in [9.17, 15) is 5.11 Å². The van der Waals surface area contributed by atoms with E-state index in [2.05, 4.69) is 14.9 Å². The van der Waals surface area contributed by atoms with E-state index in [1.165, 1.54) is 0 Å². The van der Waals surface area contributed by atoms with Crippen molar-refractivity contribution < 1.29 is 5.11 Å². The van der Waals surface area contributed by atoms with E-state index in [1.807, 2.05) is 0 Å². The number of hydrogen-bond donors (Lipinski definition) is 2. The van der Waals surface area contributed by atoms with Crippen molar-refractivity contribution in [3.05, 3.63) is 18.1 Å². The summed E-state index contributed by atoms with van der Waals surface area (Å²) in [5.41, 5.74) is 6.43. The van der Waals surface area contributed by atoms with Gasteiger partial charge >= 0.3 is 0 Å². The molecular formula is C10H16N4O. The highest BCUT2D eigenvalue weighted by Crippen LogP contribution is 2.19. The van der Waals surface area contributed by atoms with Crippen LogP contribution in [0.4, 0.5) is 5.82 Å². The van der Waals surface area contributed by atoms with E-state index in [0.717, 1.165) is 37.4 Å². The van der Waals surface area contributed by atoms with E-state index >= 15 is 0 Å². The van der Waals surface area contributed by atoms with E-state index in [1.54, 1.807) is 12.4 Å². The van der Waals surface area contributed by atoms with Crippen LogP contribution in [0.15, 0.2) is 12.4 Å². The first-order valence-corrected chi connectivity index (χ1v) is 5.24. The largest absolute Gasteiger partial charge is 0.393 e. The molecule has 1 aliphatic rings. The highest BCUT2D eigenvalue weighted by molar-refractivity contribution is 5.43. The van der Waals surface area contributed by atoms with Crippen molar-refractivity contribution in [1.29, 1.82) is 0 Å². The molecule has 1 aromatic rings. The maximum atomic E-state index is 9.41. The zero-order valence-electron chi connectivity index (χ0n) is 8.63. The molecule has 1 aromatic heterocycles. The van der Waals surface area contributed by atoms with Gasteiger partial charge in [-0.05, 0) is 12.8 Å². The fraction of sp³-hybridized carbons (Fsp3) is 0.600. The zero-order chi connectivity index (χ0) is 10.7.